The van der Waals surface area contributed by atoms with Crippen LogP contribution in [0.2, 0.25) is 0 Å². The van der Waals surface area contributed by atoms with Crippen LogP contribution in [0.4, 0.5) is 4.39 Å². The van der Waals surface area contributed by atoms with Crippen molar-refractivity contribution < 1.29 is 17.5 Å². The standard InChI is InChI=1S/C18H19FN4O4S/c1-22-17(13-6-4-3-5-7-13)21-23(18(22)24)11-10-20-28(25,26)16-12-14(19)8-9-15(16)27-2/h3-9,12,20H,10-11H2,1-2H3. The van der Waals surface area contributed by atoms with Crippen molar-refractivity contribution in [1.82, 2.24) is 19.1 Å². The minimum absolute atomic E-state index is 0.0103. The molecule has 0 radical (unpaired) electrons. The van der Waals surface area contributed by atoms with Gasteiger partial charge in [-0.05, 0) is 18.2 Å². The van der Waals surface area contributed by atoms with Crippen molar-refractivity contribution in [3.63, 3.8) is 0 Å². The smallest absolute Gasteiger partial charge is 0.345 e. The highest BCUT2D eigenvalue weighted by Crippen LogP contribution is 2.24. The minimum Gasteiger partial charge on any atom is -0.495 e. The Hall–Kier alpha value is -2.98. The van der Waals surface area contributed by atoms with Crippen molar-refractivity contribution in [2.45, 2.75) is 11.4 Å². The maximum absolute atomic E-state index is 13.5. The lowest BCUT2D eigenvalue weighted by Gasteiger charge is -2.10. The summed E-state index contributed by atoms with van der Waals surface area (Å²) in [5.41, 5.74) is 0.396. The number of ether oxygens (including phenoxy) is 1. The van der Waals surface area contributed by atoms with Crippen LogP contribution in [0, 0.1) is 5.82 Å². The molecule has 0 saturated heterocycles. The Morgan fingerprint density at radius 3 is 2.57 bits per heavy atom. The average Bonchev–Trinajstić information content (AvgIpc) is 2.97. The number of halogens is 1. The highest BCUT2D eigenvalue weighted by Gasteiger charge is 2.20. The quantitative estimate of drug-likeness (QED) is 0.640. The lowest BCUT2D eigenvalue weighted by atomic mass is 10.2. The Labute approximate surface area is 161 Å². The van der Waals surface area contributed by atoms with Crippen LogP contribution >= 0.6 is 0 Å². The van der Waals surface area contributed by atoms with Crippen LogP contribution in [0.15, 0.2) is 58.2 Å². The lowest BCUT2D eigenvalue weighted by molar-refractivity contribution is 0.400. The van der Waals surface area contributed by atoms with Crippen LogP contribution in [0.25, 0.3) is 11.4 Å². The van der Waals surface area contributed by atoms with Gasteiger partial charge in [-0.1, -0.05) is 30.3 Å². The molecule has 0 aliphatic carbocycles. The monoisotopic (exact) mass is 406 g/mol. The second-order valence-electron chi connectivity index (χ2n) is 5.95. The molecule has 0 bridgehead atoms. The third-order valence-corrected chi connectivity index (χ3v) is 5.59. The van der Waals surface area contributed by atoms with Gasteiger partial charge in [-0.2, -0.15) is 0 Å². The zero-order valence-electron chi connectivity index (χ0n) is 15.3. The fourth-order valence-corrected chi connectivity index (χ4v) is 3.90. The Morgan fingerprint density at radius 2 is 1.89 bits per heavy atom. The normalized spacial score (nSPS) is 11.5. The van der Waals surface area contributed by atoms with Gasteiger partial charge in [0.25, 0.3) is 0 Å². The average molecular weight is 406 g/mol. The van der Waals surface area contributed by atoms with Crippen LogP contribution in [-0.4, -0.2) is 36.4 Å². The van der Waals surface area contributed by atoms with E-state index in [1.807, 2.05) is 30.3 Å². The van der Waals surface area contributed by atoms with Crippen molar-refractivity contribution >= 4 is 10.0 Å². The Kier molecular flexibility index (Phi) is 5.61. The maximum Gasteiger partial charge on any atom is 0.345 e. The molecule has 0 atom stereocenters. The molecule has 3 rings (SSSR count). The number of sulfonamides is 1. The van der Waals surface area contributed by atoms with Crippen molar-refractivity contribution in [3.05, 3.63) is 64.8 Å². The van der Waals surface area contributed by atoms with Crippen molar-refractivity contribution in [3.8, 4) is 17.1 Å². The number of aromatic nitrogens is 3. The number of hydrogen-bond acceptors (Lipinski definition) is 5. The van der Waals surface area contributed by atoms with Gasteiger partial charge in [0.15, 0.2) is 5.82 Å². The fourth-order valence-electron chi connectivity index (χ4n) is 2.70. The van der Waals surface area contributed by atoms with Gasteiger partial charge in [-0.15, -0.1) is 5.10 Å². The molecule has 0 amide bonds. The zero-order valence-corrected chi connectivity index (χ0v) is 16.1. The number of nitrogens with zero attached hydrogens (tertiary/aromatic N) is 3. The summed E-state index contributed by atoms with van der Waals surface area (Å²) >= 11 is 0. The molecule has 0 saturated carbocycles. The second kappa shape index (κ2) is 7.95. The van der Waals surface area contributed by atoms with E-state index in [1.54, 1.807) is 7.05 Å². The van der Waals surface area contributed by atoms with E-state index in [0.29, 0.717) is 5.82 Å². The Bertz CT molecular complexity index is 1140. The number of methoxy groups -OCH3 is 1. The van der Waals surface area contributed by atoms with Gasteiger partial charge in [-0.3, -0.25) is 4.57 Å². The molecule has 0 aliphatic rings. The van der Waals surface area contributed by atoms with Gasteiger partial charge in [0, 0.05) is 19.2 Å². The van der Waals surface area contributed by atoms with Gasteiger partial charge in [0.05, 0.1) is 13.7 Å². The first-order valence-electron chi connectivity index (χ1n) is 8.36. The fraction of sp³-hybridized carbons (Fsp3) is 0.222. The van der Waals surface area contributed by atoms with Crippen molar-refractivity contribution in [2.24, 2.45) is 7.05 Å². The summed E-state index contributed by atoms with van der Waals surface area (Å²) in [5.74, 6) is -0.204. The molecule has 1 N–H and O–H groups in total. The van der Waals surface area contributed by atoms with Crippen LogP contribution in [-0.2, 0) is 23.6 Å². The molecule has 0 unspecified atom stereocenters. The molecule has 1 aromatic heterocycles. The lowest BCUT2D eigenvalue weighted by Crippen LogP contribution is -2.32. The predicted octanol–water partition coefficient (Wildman–Crippen LogP) is 1.38. The minimum atomic E-state index is -4.03. The van der Waals surface area contributed by atoms with E-state index in [9.17, 15) is 17.6 Å². The molecule has 8 nitrogen and oxygen atoms in total. The molecule has 3 aromatic rings. The molecular weight excluding hydrogens is 387 g/mol. The van der Waals surface area contributed by atoms with Crippen LogP contribution < -0.4 is 15.1 Å². The first kappa shape index (κ1) is 19.8. The van der Waals surface area contributed by atoms with Crippen LogP contribution in [0.3, 0.4) is 0 Å². The van der Waals surface area contributed by atoms with Gasteiger partial charge in [-0.25, -0.2) is 27.0 Å². The molecule has 148 valence electrons. The van der Waals surface area contributed by atoms with Gasteiger partial charge in [0.1, 0.15) is 16.5 Å². The van der Waals surface area contributed by atoms with E-state index in [0.717, 1.165) is 17.7 Å². The maximum atomic E-state index is 13.5. The number of nitrogens with one attached hydrogen (secondary N) is 1. The van der Waals surface area contributed by atoms with Gasteiger partial charge in [0.2, 0.25) is 10.0 Å². The zero-order chi connectivity index (χ0) is 20.3. The molecule has 1 heterocycles. The molecule has 0 aliphatic heterocycles. The summed E-state index contributed by atoms with van der Waals surface area (Å²) < 4.78 is 48.3. The number of hydrogen-bond donors (Lipinski definition) is 1. The molecule has 28 heavy (non-hydrogen) atoms. The van der Waals surface area contributed by atoms with Crippen molar-refractivity contribution in [1.29, 1.82) is 0 Å². The first-order valence-corrected chi connectivity index (χ1v) is 9.84. The highest BCUT2D eigenvalue weighted by molar-refractivity contribution is 7.89. The SMILES string of the molecule is COc1ccc(F)cc1S(=O)(=O)NCCn1nc(-c2ccccc2)n(C)c1=O. The highest BCUT2D eigenvalue weighted by atomic mass is 32.2. The molecule has 0 fully saturated rings. The van der Waals surface area contributed by atoms with E-state index in [4.69, 9.17) is 4.74 Å². The molecule has 10 heteroatoms. The van der Waals surface area contributed by atoms with Gasteiger partial charge < -0.3 is 4.74 Å². The van der Waals surface area contributed by atoms with Gasteiger partial charge >= 0.3 is 5.69 Å². The number of benzene rings is 2. The van der Waals surface area contributed by atoms with E-state index >= 15 is 0 Å². The Balaban J connectivity index is 1.77. The third-order valence-electron chi connectivity index (χ3n) is 4.10. The van der Waals surface area contributed by atoms with E-state index in [-0.39, 0.29) is 29.4 Å². The summed E-state index contributed by atoms with van der Waals surface area (Å²) in [4.78, 5) is 12.0. The third kappa shape index (κ3) is 3.97. The topological polar surface area (TPSA) is 95.2 Å². The predicted molar refractivity (Wildman–Crippen MR) is 101 cm³/mol. The summed E-state index contributed by atoms with van der Waals surface area (Å²) in [7, 11) is -1.14. The van der Waals surface area contributed by atoms with E-state index in [2.05, 4.69) is 9.82 Å². The first-order chi connectivity index (χ1) is 13.3. The summed E-state index contributed by atoms with van der Waals surface area (Å²) in [5, 5.41) is 4.27. The van der Waals surface area contributed by atoms with E-state index < -0.39 is 15.8 Å². The summed E-state index contributed by atoms with van der Waals surface area (Å²) in [6, 6.07) is 12.4. The summed E-state index contributed by atoms with van der Waals surface area (Å²) in [6.45, 7) is -0.0937. The van der Waals surface area contributed by atoms with Crippen LogP contribution in [0.1, 0.15) is 0 Å². The molecule has 2 aromatic carbocycles. The largest absolute Gasteiger partial charge is 0.495 e. The number of rotatable bonds is 7. The van der Waals surface area contributed by atoms with Crippen LogP contribution in [0.5, 0.6) is 5.75 Å². The second-order valence-corrected chi connectivity index (χ2v) is 7.68. The van der Waals surface area contributed by atoms with E-state index in [1.165, 1.54) is 22.4 Å². The molecule has 0 spiro atoms. The Morgan fingerprint density at radius 1 is 1.18 bits per heavy atom. The summed E-state index contributed by atoms with van der Waals surface area (Å²) in [6.07, 6.45) is 0. The molecular formula is C18H19FN4O4S. The van der Waals surface area contributed by atoms with Crippen molar-refractivity contribution in [2.75, 3.05) is 13.7 Å².